The van der Waals surface area contributed by atoms with Crippen LogP contribution in [0.25, 0.3) is 0 Å². The number of hydrogen-bond acceptors (Lipinski definition) is 1. The average molecular weight is 204 g/mol. The van der Waals surface area contributed by atoms with Gasteiger partial charge in [-0.25, -0.2) is 0 Å². The zero-order chi connectivity index (χ0) is 8.91. The fraction of sp³-hybridized carbons (Fsp3) is 0.500. The molecule has 0 bridgehead atoms. The molecule has 0 atom stereocenters. The maximum Gasteiger partial charge on any atom is 1.00 e. The zero-order valence-electron chi connectivity index (χ0n) is 7.03. The third-order valence-corrected chi connectivity index (χ3v) is 1.20. The van der Waals surface area contributed by atoms with Crippen LogP contribution in [0.4, 0.5) is 12.9 Å². The van der Waals surface area contributed by atoms with Gasteiger partial charge in [-0.15, -0.1) is 6.58 Å². The van der Waals surface area contributed by atoms with E-state index in [1.54, 1.807) is 0 Å². The first kappa shape index (κ1) is 15.4. The van der Waals surface area contributed by atoms with Crippen molar-refractivity contribution in [3.8, 4) is 0 Å². The van der Waals surface area contributed by atoms with Crippen molar-refractivity contribution in [1.29, 1.82) is 0 Å². The molecule has 0 fully saturated rings. The maximum atomic E-state index is 11.6. The Morgan fingerprint density at radius 1 is 1.42 bits per heavy atom. The van der Waals surface area contributed by atoms with Gasteiger partial charge in [0.25, 0.3) is 0 Å². The Labute approximate surface area is 112 Å². The fourth-order valence-corrected chi connectivity index (χ4v) is 0.584. The maximum absolute atomic E-state index is 11.6. The van der Waals surface area contributed by atoms with E-state index in [-0.39, 0.29) is 57.8 Å². The van der Waals surface area contributed by atoms with Crippen molar-refractivity contribution in [1.82, 2.24) is 0 Å². The second-order valence-electron chi connectivity index (χ2n) is 2.22. The summed E-state index contributed by atoms with van der Waals surface area (Å²) >= 11 is 0. The first-order valence-corrected chi connectivity index (χ1v) is 3.32. The molecule has 0 aromatic heterocycles. The molecular weight excluding hydrogens is 195 g/mol. The largest absolute Gasteiger partial charge is 1.00 e. The van der Waals surface area contributed by atoms with Gasteiger partial charge in [0.1, 0.15) is 0 Å². The van der Waals surface area contributed by atoms with Gasteiger partial charge in [-0.2, -0.15) is 0 Å². The molecule has 0 rings (SSSR count). The van der Waals surface area contributed by atoms with Gasteiger partial charge in [-0.3, -0.25) is 0 Å². The Balaban J connectivity index is 0. The molecule has 0 N–H and O–H groups in total. The van der Waals surface area contributed by atoms with E-state index in [0.29, 0.717) is 6.42 Å². The molecule has 0 spiro atoms. The molecule has 0 aliphatic carbocycles. The molecular formula is C6H9BF3KO. The van der Waals surface area contributed by atoms with Crippen LogP contribution in [0, 0.1) is 0 Å². The van der Waals surface area contributed by atoms with Crippen LogP contribution in [0.5, 0.6) is 0 Å². The van der Waals surface area contributed by atoms with Gasteiger partial charge in [0.15, 0.2) is 0 Å². The van der Waals surface area contributed by atoms with E-state index < -0.39 is 19.1 Å². The number of carbonyl (C=O) groups excluding carboxylic acids is 1. The van der Waals surface area contributed by atoms with Gasteiger partial charge in [0, 0.05) is 0 Å². The van der Waals surface area contributed by atoms with Gasteiger partial charge in [0.05, 0.1) is 5.68 Å². The fourth-order valence-electron chi connectivity index (χ4n) is 0.584. The summed E-state index contributed by atoms with van der Waals surface area (Å²) in [6.07, 6.45) is 1.79. The molecule has 0 aromatic carbocycles. The molecule has 0 unspecified atom stereocenters. The number of halogens is 3. The van der Waals surface area contributed by atoms with Crippen molar-refractivity contribution in [2.75, 3.05) is 0 Å². The molecule has 0 saturated heterocycles. The SMILES string of the molecule is C=CCCCC(=O)[B-](F)(F)F.[K+]. The van der Waals surface area contributed by atoms with Crippen LogP contribution in [-0.4, -0.2) is 12.7 Å². The molecule has 0 heterocycles. The van der Waals surface area contributed by atoms with E-state index in [1.165, 1.54) is 6.08 Å². The molecule has 12 heavy (non-hydrogen) atoms. The third-order valence-electron chi connectivity index (χ3n) is 1.20. The minimum Gasteiger partial charge on any atom is -0.443 e. The van der Waals surface area contributed by atoms with E-state index in [4.69, 9.17) is 0 Å². The van der Waals surface area contributed by atoms with E-state index in [2.05, 4.69) is 6.58 Å². The topological polar surface area (TPSA) is 17.1 Å². The quantitative estimate of drug-likeness (QED) is 0.329. The van der Waals surface area contributed by atoms with Crippen LogP contribution in [0.1, 0.15) is 19.3 Å². The molecule has 6 heteroatoms. The summed E-state index contributed by atoms with van der Waals surface area (Å²) < 4.78 is 34.7. The van der Waals surface area contributed by atoms with Gasteiger partial charge in [-0.1, -0.05) is 6.08 Å². The summed E-state index contributed by atoms with van der Waals surface area (Å²) in [4.78, 5) is 10.2. The second-order valence-corrected chi connectivity index (χ2v) is 2.22. The molecule has 0 amide bonds. The van der Waals surface area contributed by atoms with Crippen molar-refractivity contribution < 1.29 is 69.1 Å². The van der Waals surface area contributed by atoms with Crippen LogP contribution in [0.2, 0.25) is 0 Å². The average Bonchev–Trinajstić information content (AvgIpc) is 1.86. The number of allylic oxidation sites excluding steroid dienone is 1. The van der Waals surface area contributed by atoms with Crippen LogP contribution in [0.15, 0.2) is 12.7 Å². The van der Waals surface area contributed by atoms with Crippen LogP contribution < -0.4 is 51.4 Å². The van der Waals surface area contributed by atoms with E-state index in [1.807, 2.05) is 0 Å². The van der Waals surface area contributed by atoms with Crippen molar-refractivity contribution >= 4 is 12.7 Å². The number of rotatable bonds is 5. The molecule has 0 aliphatic heterocycles. The van der Waals surface area contributed by atoms with Crippen LogP contribution >= 0.6 is 0 Å². The molecule has 0 aromatic rings. The predicted molar refractivity (Wildman–Crippen MR) is 38.1 cm³/mol. The second kappa shape index (κ2) is 7.32. The van der Waals surface area contributed by atoms with E-state index >= 15 is 0 Å². The van der Waals surface area contributed by atoms with Crippen molar-refractivity contribution in [2.24, 2.45) is 0 Å². The smallest absolute Gasteiger partial charge is 0.443 e. The summed E-state index contributed by atoms with van der Waals surface area (Å²) in [7, 11) is 0. The molecule has 0 aliphatic rings. The number of carbonyl (C=O) groups is 1. The summed E-state index contributed by atoms with van der Waals surface area (Å²) in [5.41, 5.74) is -1.59. The van der Waals surface area contributed by atoms with Gasteiger partial charge in [-0.05, 0) is 19.3 Å². The Hall–Kier alpha value is 0.901. The Bertz CT molecular complexity index is 157. The van der Waals surface area contributed by atoms with Crippen LogP contribution in [-0.2, 0) is 4.79 Å². The van der Waals surface area contributed by atoms with E-state index in [9.17, 15) is 17.7 Å². The summed E-state index contributed by atoms with van der Waals surface area (Å²) in [6, 6.07) is 0. The molecule has 0 radical (unpaired) electrons. The molecule has 64 valence electrons. The zero-order valence-corrected chi connectivity index (χ0v) is 10.1. The summed E-state index contributed by atoms with van der Waals surface area (Å²) in [6.45, 7) is -1.93. The Morgan fingerprint density at radius 3 is 2.25 bits per heavy atom. The first-order chi connectivity index (χ1) is 4.98. The number of hydrogen-bond donors (Lipinski definition) is 0. The van der Waals surface area contributed by atoms with Crippen LogP contribution in [0.3, 0.4) is 0 Å². The normalized spacial score (nSPS) is 10.2. The molecule has 0 saturated carbocycles. The van der Waals surface area contributed by atoms with Gasteiger partial charge in [0.2, 0.25) is 0 Å². The predicted octanol–water partition coefficient (Wildman–Crippen LogP) is -0.698. The third kappa shape index (κ3) is 7.55. The Kier molecular flexibility index (Phi) is 9.38. The monoisotopic (exact) mass is 204 g/mol. The first-order valence-electron chi connectivity index (χ1n) is 3.32. The van der Waals surface area contributed by atoms with Crippen molar-refractivity contribution in [3.63, 3.8) is 0 Å². The van der Waals surface area contributed by atoms with E-state index in [0.717, 1.165) is 0 Å². The minimum atomic E-state index is -5.26. The summed E-state index contributed by atoms with van der Waals surface area (Å²) in [5.74, 6) is 0. The van der Waals surface area contributed by atoms with Crippen molar-refractivity contribution in [3.05, 3.63) is 12.7 Å². The Morgan fingerprint density at radius 2 is 1.92 bits per heavy atom. The molecule has 1 nitrogen and oxygen atoms in total. The summed E-state index contributed by atoms with van der Waals surface area (Å²) in [5, 5.41) is 0. The minimum absolute atomic E-state index is 0. The van der Waals surface area contributed by atoms with Crippen molar-refractivity contribution in [2.45, 2.75) is 19.3 Å². The number of unbranched alkanes of at least 4 members (excludes halogenated alkanes) is 1. The van der Waals surface area contributed by atoms with Gasteiger partial charge < -0.3 is 17.7 Å². The van der Waals surface area contributed by atoms with Gasteiger partial charge >= 0.3 is 58.4 Å². The standard InChI is InChI=1S/C6H9BF3O.K/c1-2-3-4-5-6(11)7(8,9)10;/h2H,1,3-5H2;/q-1;+1.